The molecule has 2 aliphatic heterocycles. The van der Waals surface area contributed by atoms with Crippen LogP contribution >= 0.6 is 0 Å². The van der Waals surface area contributed by atoms with E-state index in [4.69, 9.17) is 9.47 Å². The molecule has 8 nitrogen and oxygen atoms in total. The number of carbonyl (C=O) groups excluding carboxylic acids is 4. The predicted octanol–water partition coefficient (Wildman–Crippen LogP) is 3.89. The summed E-state index contributed by atoms with van der Waals surface area (Å²) in [5.74, 6) is -0.233. The van der Waals surface area contributed by atoms with Crippen LogP contribution in [0.15, 0.2) is 42.5 Å². The van der Waals surface area contributed by atoms with Gasteiger partial charge in [0.05, 0.1) is 35.7 Å². The van der Waals surface area contributed by atoms with Gasteiger partial charge in [0.15, 0.2) is 0 Å². The summed E-state index contributed by atoms with van der Waals surface area (Å²) in [7, 11) is 0. The number of rotatable bonds is 6. The highest BCUT2D eigenvalue weighted by Gasteiger charge is 2.61. The first-order chi connectivity index (χ1) is 17.9. The van der Waals surface area contributed by atoms with Crippen LogP contribution in [0.1, 0.15) is 38.2 Å². The molecule has 4 aliphatic rings. The minimum atomic E-state index is -0.612. The van der Waals surface area contributed by atoms with Gasteiger partial charge in [-0.2, -0.15) is 0 Å². The van der Waals surface area contributed by atoms with E-state index in [2.05, 4.69) is 0 Å². The number of fused-ring (bicyclic) bond motifs is 5. The van der Waals surface area contributed by atoms with E-state index in [1.54, 1.807) is 42.2 Å². The second kappa shape index (κ2) is 9.01. The second-order valence-corrected chi connectivity index (χ2v) is 10.6. The van der Waals surface area contributed by atoms with Gasteiger partial charge in [-0.05, 0) is 80.8 Å². The van der Waals surface area contributed by atoms with Gasteiger partial charge in [0.25, 0.3) is 0 Å². The average Bonchev–Trinajstić information content (AvgIpc) is 3.64. The largest absolute Gasteiger partial charge is 0.492 e. The highest BCUT2D eigenvalue weighted by Crippen LogP contribution is 2.56. The molecule has 2 saturated heterocycles. The molecule has 2 aromatic carbocycles. The lowest BCUT2D eigenvalue weighted by Gasteiger charge is -2.20. The normalized spacial score (nSPS) is 28.3. The second-order valence-electron chi connectivity index (χ2n) is 10.6. The van der Waals surface area contributed by atoms with Gasteiger partial charge >= 0.3 is 5.97 Å². The first-order valence-electron chi connectivity index (χ1n) is 13.1. The van der Waals surface area contributed by atoms with Gasteiger partial charge in [-0.1, -0.05) is 12.1 Å². The van der Waals surface area contributed by atoms with Crippen molar-refractivity contribution in [3.63, 3.8) is 0 Å². The van der Waals surface area contributed by atoms with E-state index in [1.807, 2.05) is 19.1 Å². The standard InChI is InChI=1S/C29H30N2O6/c1-3-36-23-7-5-4-6-22(23)30-15-19(14-24(30)32)29(35)37-20-10-11-21(16(2)12-20)31-27(33)25-17-8-9-18(13-17)26(25)28(31)34/h4-7,10-12,17-19,25-26H,3,8-9,13-15H2,1-2H3/t17-,18-,19+,25+,26+/m0/s1. The van der Waals surface area contributed by atoms with Crippen LogP contribution in [0, 0.1) is 36.5 Å². The van der Waals surface area contributed by atoms with Crippen LogP contribution in [0.3, 0.4) is 0 Å². The van der Waals surface area contributed by atoms with Crippen molar-refractivity contribution < 1.29 is 28.7 Å². The molecule has 2 aromatic rings. The van der Waals surface area contributed by atoms with E-state index in [-0.39, 0.29) is 42.5 Å². The van der Waals surface area contributed by atoms with Crippen molar-refractivity contribution in [2.75, 3.05) is 23.0 Å². The number of anilines is 2. The molecule has 3 amide bonds. The molecule has 192 valence electrons. The predicted molar refractivity (Wildman–Crippen MR) is 135 cm³/mol. The Morgan fingerprint density at radius 3 is 2.35 bits per heavy atom. The Morgan fingerprint density at radius 2 is 1.68 bits per heavy atom. The maximum absolute atomic E-state index is 13.2. The molecule has 5 atom stereocenters. The molecule has 37 heavy (non-hydrogen) atoms. The molecule has 2 bridgehead atoms. The van der Waals surface area contributed by atoms with E-state index >= 15 is 0 Å². The number of aryl methyl sites for hydroxylation is 1. The molecule has 4 fully saturated rings. The van der Waals surface area contributed by atoms with Gasteiger partial charge in [-0.15, -0.1) is 0 Å². The topological polar surface area (TPSA) is 93.2 Å². The minimum absolute atomic E-state index is 0.0538. The zero-order chi connectivity index (χ0) is 25.8. The van der Waals surface area contributed by atoms with Gasteiger partial charge in [-0.3, -0.25) is 19.2 Å². The summed E-state index contributed by atoms with van der Waals surface area (Å²) in [6, 6.07) is 12.2. The van der Waals surface area contributed by atoms with Crippen molar-refractivity contribution in [1.29, 1.82) is 0 Å². The fourth-order valence-electron chi connectivity index (χ4n) is 6.84. The van der Waals surface area contributed by atoms with Crippen LogP contribution in [0.25, 0.3) is 0 Å². The first kappa shape index (κ1) is 23.7. The Labute approximate surface area is 215 Å². The minimum Gasteiger partial charge on any atom is -0.492 e. The highest BCUT2D eigenvalue weighted by atomic mass is 16.5. The Balaban J connectivity index is 1.15. The van der Waals surface area contributed by atoms with Crippen molar-refractivity contribution in [1.82, 2.24) is 0 Å². The van der Waals surface area contributed by atoms with Crippen molar-refractivity contribution >= 4 is 35.1 Å². The van der Waals surface area contributed by atoms with Gasteiger partial charge < -0.3 is 14.4 Å². The third-order valence-corrected chi connectivity index (χ3v) is 8.47. The lowest BCUT2D eigenvalue weighted by Crippen LogP contribution is -2.33. The Kier molecular flexibility index (Phi) is 5.77. The quantitative estimate of drug-likeness (QED) is 0.338. The lowest BCUT2D eigenvalue weighted by atomic mass is 9.81. The summed E-state index contributed by atoms with van der Waals surface area (Å²) in [6.45, 7) is 4.36. The molecule has 2 heterocycles. The molecule has 8 heteroatoms. The third-order valence-electron chi connectivity index (χ3n) is 8.47. The van der Waals surface area contributed by atoms with E-state index in [0.29, 0.717) is 46.9 Å². The molecular weight excluding hydrogens is 472 g/mol. The summed E-state index contributed by atoms with van der Waals surface area (Å²) >= 11 is 0. The number of amides is 3. The molecule has 0 unspecified atom stereocenters. The van der Waals surface area contributed by atoms with Crippen molar-refractivity contribution in [3.8, 4) is 11.5 Å². The van der Waals surface area contributed by atoms with Crippen molar-refractivity contribution in [3.05, 3.63) is 48.0 Å². The summed E-state index contributed by atoms with van der Waals surface area (Å²) in [4.78, 5) is 55.0. The molecule has 6 rings (SSSR count). The molecule has 0 N–H and O–H groups in total. The van der Waals surface area contributed by atoms with Crippen molar-refractivity contribution in [2.45, 2.75) is 39.5 Å². The first-order valence-corrected chi connectivity index (χ1v) is 13.1. The van der Waals surface area contributed by atoms with Gasteiger partial charge in [0.1, 0.15) is 11.5 Å². The fourth-order valence-corrected chi connectivity index (χ4v) is 6.84. The number of nitrogens with zero attached hydrogens (tertiary/aromatic N) is 2. The summed E-state index contributed by atoms with van der Waals surface area (Å²) < 4.78 is 11.3. The van der Waals surface area contributed by atoms with Crippen LogP contribution in [-0.4, -0.2) is 36.8 Å². The lowest BCUT2D eigenvalue weighted by molar-refractivity contribution is -0.139. The Hall–Kier alpha value is -3.68. The number of carbonyl (C=O) groups is 4. The zero-order valence-corrected chi connectivity index (χ0v) is 21.0. The Bertz CT molecular complexity index is 1280. The number of esters is 1. The SMILES string of the molecule is CCOc1ccccc1N1C[C@H](C(=O)Oc2ccc(N3C(=O)[C@@H]4[C@H]5CC[C@@H](C5)[C@H]4C3=O)c(C)c2)CC1=O. The van der Waals surface area contributed by atoms with Crippen LogP contribution in [0.4, 0.5) is 11.4 Å². The van der Waals surface area contributed by atoms with E-state index < -0.39 is 11.9 Å². The number of ether oxygens (including phenoxy) is 2. The maximum Gasteiger partial charge on any atom is 0.316 e. The monoisotopic (exact) mass is 502 g/mol. The summed E-state index contributed by atoms with van der Waals surface area (Å²) in [5.41, 5.74) is 1.88. The van der Waals surface area contributed by atoms with E-state index in [1.165, 1.54) is 4.90 Å². The van der Waals surface area contributed by atoms with Crippen molar-refractivity contribution in [2.24, 2.45) is 29.6 Å². The van der Waals surface area contributed by atoms with Crippen LogP contribution in [0.2, 0.25) is 0 Å². The van der Waals surface area contributed by atoms with Gasteiger partial charge in [0.2, 0.25) is 17.7 Å². The average molecular weight is 503 g/mol. The zero-order valence-electron chi connectivity index (χ0n) is 21.0. The number of benzene rings is 2. The Morgan fingerprint density at radius 1 is 0.973 bits per heavy atom. The molecule has 0 spiro atoms. The number of imide groups is 1. The highest BCUT2D eigenvalue weighted by molar-refractivity contribution is 6.23. The van der Waals surface area contributed by atoms with Crippen LogP contribution in [-0.2, 0) is 19.2 Å². The number of hydrogen-bond acceptors (Lipinski definition) is 6. The van der Waals surface area contributed by atoms with E-state index in [9.17, 15) is 19.2 Å². The molecule has 0 radical (unpaired) electrons. The van der Waals surface area contributed by atoms with Crippen LogP contribution < -0.4 is 19.3 Å². The molecule has 2 aliphatic carbocycles. The third kappa shape index (κ3) is 3.81. The number of hydrogen-bond donors (Lipinski definition) is 0. The molecule has 0 aromatic heterocycles. The van der Waals surface area contributed by atoms with E-state index in [0.717, 1.165) is 19.3 Å². The summed E-state index contributed by atoms with van der Waals surface area (Å²) in [5, 5.41) is 0. The fraction of sp³-hybridized carbons (Fsp3) is 0.448. The smallest absolute Gasteiger partial charge is 0.316 e. The molecule has 2 saturated carbocycles. The van der Waals surface area contributed by atoms with Gasteiger partial charge in [0, 0.05) is 13.0 Å². The summed E-state index contributed by atoms with van der Waals surface area (Å²) in [6.07, 6.45) is 3.11. The number of para-hydroxylation sites is 2. The molecular formula is C29H30N2O6. The van der Waals surface area contributed by atoms with Gasteiger partial charge in [-0.25, -0.2) is 4.90 Å². The maximum atomic E-state index is 13.2. The van der Waals surface area contributed by atoms with Crippen LogP contribution in [0.5, 0.6) is 11.5 Å².